The second kappa shape index (κ2) is 4.76. The molecule has 1 unspecified atom stereocenters. The van der Waals surface area contributed by atoms with E-state index in [4.69, 9.17) is 15.7 Å². The van der Waals surface area contributed by atoms with E-state index >= 15 is 0 Å². The predicted octanol–water partition coefficient (Wildman–Crippen LogP) is 0.785. The first-order valence-electron chi connectivity index (χ1n) is 6.04. The van der Waals surface area contributed by atoms with Crippen molar-refractivity contribution in [1.29, 1.82) is 0 Å². The Morgan fingerprint density at radius 3 is 2.17 bits per heavy atom. The van der Waals surface area contributed by atoms with E-state index in [2.05, 4.69) is 5.16 Å². The Morgan fingerprint density at radius 1 is 1.33 bits per heavy atom. The van der Waals surface area contributed by atoms with E-state index in [0.717, 1.165) is 0 Å². The molecule has 1 fully saturated rings. The highest BCUT2D eigenvalue weighted by Gasteiger charge is 2.41. The molecular weight excluding hydrogens is 234 g/mol. The van der Waals surface area contributed by atoms with Crippen LogP contribution in [0.2, 0.25) is 0 Å². The van der Waals surface area contributed by atoms with Crippen molar-refractivity contribution in [2.75, 3.05) is 13.1 Å². The molecule has 0 aromatic rings. The van der Waals surface area contributed by atoms with Crippen molar-refractivity contribution in [3.63, 3.8) is 0 Å². The molecule has 1 aliphatic rings. The minimum Gasteiger partial charge on any atom is -0.409 e. The molecule has 0 aromatic heterocycles. The van der Waals surface area contributed by atoms with E-state index < -0.39 is 17.1 Å². The van der Waals surface area contributed by atoms with E-state index in [9.17, 15) is 4.79 Å². The minimum absolute atomic E-state index is 0.0675. The fourth-order valence-corrected chi connectivity index (χ4v) is 2.43. The first kappa shape index (κ1) is 14.8. The lowest BCUT2D eigenvalue weighted by atomic mass is 9.97. The predicted molar refractivity (Wildman–Crippen MR) is 68.4 cm³/mol. The molecule has 18 heavy (non-hydrogen) atoms. The third kappa shape index (κ3) is 3.35. The van der Waals surface area contributed by atoms with Crippen LogP contribution in [0.25, 0.3) is 0 Å². The van der Waals surface area contributed by atoms with Crippen molar-refractivity contribution in [3.8, 4) is 0 Å². The average molecular weight is 257 g/mol. The third-order valence-electron chi connectivity index (χ3n) is 2.94. The van der Waals surface area contributed by atoms with Crippen molar-refractivity contribution < 1.29 is 14.7 Å². The summed E-state index contributed by atoms with van der Waals surface area (Å²) in [7, 11) is 0. The standard InChI is InChI=1S/C12H23N3O3/c1-8(9(13)14-17)10(16)15-6-11(2,3)18-12(4,5)7-15/h8,17H,6-7H2,1-5H3,(H2,13,14). The van der Waals surface area contributed by atoms with Gasteiger partial charge in [0, 0.05) is 13.1 Å². The average Bonchev–Trinajstić information content (AvgIpc) is 2.21. The maximum absolute atomic E-state index is 12.3. The van der Waals surface area contributed by atoms with Gasteiger partial charge in [-0.2, -0.15) is 0 Å². The van der Waals surface area contributed by atoms with Gasteiger partial charge in [-0.1, -0.05) is 5.16 Å². The summed E-state index contributed by atoms with van der Waals surface area (Å²) in [6, 6.07) is 0. The Hall–Kier alpha value is -1.30. The van der Waals surface area contributed by atoms with E-state index in [-0.39, 0.29) is 11.7 Å². The van der Waals surface area contributed by atoms with Crippen molar-refractivity contribution in [2.24, 2.45) is 16.8 Å². The van der Waals surface area contributed by atoms with Crippen LogP contribution in [-0.2, 0) is 9.53 Å². The normalized spacial score (nSPS) is 24.7. The molecule has 1 amide bonds. The minimum atomic E-state index is -0.625. The second-order valence-corrected chi connectivity index (χ2v) is 6.06. The van der Waals surface area contributed by atoms with Crippen molar-refractivity contribution >= 4 is 11.7 Å². The molecule has 0 aromatic carbocycles. The maximum atomic E-state index is 12.3. The SMILES string of the molecule is CC(C(=O)N1CC(C)(C)OC(C)(C)C1)C(N)=NO. The summed E-state index contributed by atoms with van der Waals surface area (Å²) in [5.74, 6) is -0.837. The van der Waals surface area contributed by atoms with Gasteiger partial charge < -0.3 is 20.6 Å². The molecule has 104 valence electrons. The van der Waals surface area contributed by atoms with E-state index in [0.29, 0.717) is 13.1 Å². The Kier molecular flexibility index (Phi) is 3.90. The van der Waals surface area contributed by atoms with Gasteiger partial charge in [0.2, 0.25) is 5.91 Å². The second-order valence-electron chi connectivity index (χ2n) is 6.06. The number of amidine groups is 1. The number of ether oxygens (including phenoxy) is 1. The summed E-state index contributed by atoms with van der Waals surface area (Å²) < 4.78 is 5.90. The van der Waals surface area contributed by atoms with Crippen molar-refractivity contribution in [2.45, 2.75) is 45.8 Å². The highest BCUT2D eigenvalue weighted by Crippen LogP contribution is 2.28. The quantitative estimate of drug-likeness (QED) is 0.331. The maximum Gasteiger partial charge on any atom is 0.233 e. The lowest BCUT2D eigenvalue weighted by molar-refractivity contribution is -0.188. The first-order valence-corrected chi connectivity index (χ1v) is 6.04. The molecule has 1 atom stereocenters. The monoisotopic (exact) mass is 257 g/mol. The van der Waals surface area contributed by atoms with Crippen LogP contribution < -0.4 is 5.73 Å². The van der Waals surface area contributed by atoms with Crippen LogP contribution in [0, 0.1) is 5.92 Å². The van der Waals surface area contributed by atoms with Gasteiger partial charge in [-0.25, -0.2) is 0 Å². The van der Waals surface area contributed by atoms with Gasteiger partial charge in [-0.15, -0.1) is 0 Å². The number of morpholine rings is 1. The Morgan fingerprint density at radius 2 is 1.78 bits per heavy atom. The van der Waals surface area contributed by atoms with Crippen LogP contribution in [0.15, 0.2) is 5.16 Å². The molecule has 1 rings (SSSR count). The molecule has 0 aliphatic carbocycles. The third-order valence-corrected chi connectivity index (χ3v) is 2.94. The summed E-state index contributed by atoms with van der Waals surface area (Å²) in [4.78, 5) is 14.0. The molecule has 0 radical (unpaired) electrons. The van der Waals surface area contributed by atoms with Gasteiger partial charge in [0.15, 0.2) is 5.84 Å². The molecule has 0 spiro atoms. The van der Waals surface area contributed by atoms with Crippen molar-refractivity contribution in [1.82, 2.24) is 4.90 Å². The molecule has 1 heterocycles. The van der Waals surface area contributed by atoms with Gasteiger partial charge in [0.25, 0.3) is 0 Å². The Balaban J connectivity index is 2.86. The zero-order valence-electron chi connectivity index (χ0n) is 11.7. The highest BCUT2D eigenvalue weighted by atomic mass is 16.5. The summed E-state index contributed by atoms with van der Waals surface area (Å²) in [6.07, 6.45) is 0. The van der Waals surface area contributed by atoms with Crippen molar-refractivity contribution in [3.05, 3.63) is 0 Å². The number of hydrogen-bond acceptors (Lipinski definition) is 4. The van der Waals surface area contributed by atoms with Gasteiger partial charge in [-0.3, -0.25) is 4.79 Å². The molecular formula is C12H23N3O3. The number of nitrogens with two attached hydrogens (primary N) is 1. The topological polar surface area (TPSA) is 88.2 Å². The lowest BCUT2D eigenvalue weighted by Gasteiger charge is -2.47. The molecule has 3 N–H and O–H groups in total. The van der Waals surface area contributed by atoms with Gasteiger partial charge in [0.05, 0.1) is 17.1 Å². The zero-order valence-corrected chi connectivity index (χ0v) is 11.7. The van der Waals surface area contributed by atoms with Gasteiger partial charge >= 0.3 is 0 Å². The fourth-order valence-electron chi connectivity index (χ4n) is 2.43. The van der Waals surface area contributed by atoms with Crippen LogP contribution >= 0.6 is 0 Å². The molecule has 0 bridgehead atoms. The largest absolute Gasteiger partial charge is 0.409 e. The number of hydrogen-bond donors (Lipinski definition) is 2. The van der Waals surface area contributed by atoms with Gasteiger partial charge in [-0.05, 0) is 34.6 Å². The molecule has 1 saturated heterocycles. The number of carbonyl (C=O) groups is 1. The number of carbonyl (C=O) groups excluding carboxylic acids is 1. The summed E-state index contributed by atoms with van der Waals surface area (Å²) in [5.41, 5.74) is 4.68. The Labute approximate surface area is 108 Å². The molecule has 6 heteroatoms. The van der Waals surface area contributed by atoms with Gasteiger partial charge in [0.1, 0.15) is 0 Å². The lowest BCUT2D eigenvalue weighted by Crippen LogP contribution is -2.60. The van der Waals surface area contributed by atoms with E-state index in [1.165, 1.54) is 0 Å². The Bertz CT molecular complexity index is 348. The van der Waals surface area contributed by atoms with Crippen LogP contribution in [-0.4, -0.2) is 46.1 Å². The highest BCUT2D eigenvalue weighted by molar-refractivity contribution is 6.01. The van der Waals surface area contributed by atoms with Crippen LogP contribution in [0.1, 0.15) is 34.6 Å². The number of oxime groups is 1. The molecule has 1 aliphatic heterocycles. The number of rotatable bonds is 2. The summed E-state index contributed by atoms with van der Waals surface area (Å²) >= 11 is 0. The van der Waals surface area contributed by atoms with E-state index in [1.807, 2.05) is 27.7 Å². The fraction of sp³-hybridized carbons (Fsp3) is 0.833. The summed E-state index contributed by atoms with van der Waals surface area (Å²) in [6.45, 7) is 10.4. The smallest absolute Gasteiger partial charge is 0.233 e. The number of nitrogens with zero attached hydrogens (tertiary/aromatic N) is 2. The van der Waals surface area contributed by atoms with Crippen LogP contribution in [0.4, 0.5) is 0 Å². The zero-order chi connectivity index (χ0) is 14.1. The van der Waals surface area contributed by atoms with E-state index in [1.54, 1.807) is 11.8 Å². The molecule has 0 saturated carbocycles. The number of amides is 1. The molecule has 6 nitrogen and oxygen atoms in total. The van der Waals surface area contributed by atoms with Crippen LogP contribution in [0.5, 0.6) is 0 Å². The first-order chi connectivity index (χ1) is 8.08. The van der Waals surface area contributed by atoms with Crippen LogP contribution in [0.3, 0.4) is 0 Å². The summed E-state index contributed by atoms with van der Waals surface area (Å²) in [5, 5.41) is 11.5.